The highest BCUT2D eigenvalue weighted by molar-refractivity contribution is 5.82. The van der Waals surface area contributed by atoms with E-state index in [0.29, 0.717) is 37.6 Å². The van der Waals surface area contributed by atoms with E-state index in [2.05, 4.69) is 5.32 Å². The Hall–Kier alpha value is -0.610. The lowest BCUT2D eigenvalue weighted by molar-refractivity contribution is -0.123. The number of methoxy groups -OCH3 is 1. The molecular weight excluding hydrogens is 218 g/mol. The van der Waals surface area contributed by atoms with E-state index in [4.69, 9.17) is 9.47 Å². The molecule has 4 heteroatoms. The van der Waals surface area contributed by atoms with Crippen molar-refractivity contribution < 1.29 is 14.3 Å². The molecule has 0 radical (unpaired) electrons. The molecule has 0 bridgehead atoms. The molecule has 2 saturated carbocycles. The number of nitrogens with one attached hydrogen (secondary N) is 1. The number of carbonyl (C=O) groups excluding carboxylic acids is 1. The van der Waals surface area contributed by atoms with Gasteiger partial charge in [0.05, 0.1) is 13.2 Å². The van der Waals surface area contributed by atoms with Crippen molar-refractivity contribution in [1.29, 1.82) is 0 Å². The fourth-order valence-corrected chi connectivity index (χ4v) is 2.96. The number of carbonyl (C=O) groups is 1. The van der Waals surface area contributed by atoms with Gasteiger partial charge in [0.1, 0.15) is 0 Å². The molecule has 0 aliphatic heterocycles. The second-order valence-corrected chi connectivity index (χ2v) is 5.03. The molecular formula is C13H23NO3. The third kappa shape index (κ3) is 3.42. The number of ether oxygens (including phenoxy) is 2. The minimum Gasteiger partial charge on any atom is -0.382 e. The van der Waals surface area contributed by atoms with Crippen LogP contribution < -0.4 is 5.32 Å². The van der Waals surface area contributed by atoms with Gasteiger partial charge in [-0.25, -0.2) is 0 Å². The van der Waals surface area contributed by atoms with Crippen LogP contribution in [0.25, 0.3) is 0 Å². The maximum absolute atomic E-state index is 11.8. The fraction of sp³-hybridized carbons (Fsp3) is 0.923. The van der Waals surface area contributed by atoms with Gasteiger partial charge in [0.2, 0.25) is 5.91 Å². The van der Waals surface area contributed by atoms with Gasteiger partial charge in [-0.3, -0.25) is 4.79 Å². The van der Waals surface area contributed by atoms with Crippen LogP contribution in [-0.2, 0) is 14.3 Å². The zero-order valence-corrected chi connectivity index (χ0v) is 10.6. The summed E-state index contributed by atoms with van der Waals surface area (Å²) in [7, 11) is 1.66. The summed E-state index contributed by atoms with van der Waals surface area (Å²) >= 11 is 0. The summed E-state index contributed by atoms with van der Waals surface area (Å²) in [5.41, 5.74) is 0. The van der Waals surface area contributed by atoms with Gasteiger partial charge < -0.3 is 14.8 Å². The van der Waals surface area contributed by atoms with Crippen LogP contribution in [0.15, 0.2) is 0 Å². The van der Waals surface area contributed by atoms with E-state index in [-0.39, 0.29) is 5.91 Å². The highest BCUT2D eigenvalue weighted by Gasteiger charge is 2.56. The van der Waals surface area contributed by atoms with Crippen molar-refractivity contribution in [2.24, 2.45) is 17.8 Å². The van der Waals surface area contributed by atoms with Crippen molar-refractivity contribution in [1.82, 2.24) is 5.32 Å². The van der Waals surface area contributed by atoms with Crippen molar-refractivity contribution in [3.63, 3.8) is 0 Å². The van der Waals surface area contributed by atoms with Crippen LogP contribution >= 0.6 is 0 Å². The van der Waals surface area contributed by atoms with E-state index in [1.165, 1.54) is 19.3 Å². The molecule has 2 atom stereocenters. The van der Waals surface area contributed by atoms with Gasteiger partial charge in [-0.2, -0.15) is 0 Å². The number of amides is 1. The standard InChI is InChI=1S/C13H23NO3/c1-16-8-9-17-7-3-6-14-13(15)12-10-4-2-5-11(10)12/h10-12H,2-9H2,1H3,(H,14,15)/t10-,11-/m1/s1. The molecule has 98 valence electrons. The molecule has 0 unspecified atom stereocenters. The summed E-state index contributed by atoms with van der Waals surface area (Å²) in [4.78, 5) is 11.8. The van der Waals surface area contributed by atoms with E-state index in [1.54, 1.807) is 7.11 Å². The van der Waals surface area contributed by atoms with Crippen LogP contribution in [0, 0.1) is 17.8 Å². The van der Waals surface area contributed by atoms with E-state index < -0.39 is 0 Å². The summed E-state index contributed by atoms with van der Waals surface area (Å²) in [6.07, 6.45) is 4.75. The lowest BCUT2D eigenvalue weighted by Gasteiger charge is -2.07. The second kappa shape index (κ2) is 6.36. The van der Waals surface area contributed by atoms with Crippen molar-refractivity contribution in [2.45, 2.75) is 25.7 Å². The first-order valence-corrected chi connectivity index (χ1v) is 6.69. The van der Waals surface area contributed by atoms with Gasteiger partial charge in [0.15, 0.2) is 0 Å². The van der Waals surface area contributed by atoms with Crippen molar-refractivity contribution >= 4 is 5.91 Å². The van der Waals surface area contributed by atoms with E-state index in [9.17, 15) is 4.79 Å². The second-order valence-electron chi connectivity index (χ2n) is 5.03. The molecule has 0 aromatic carbocycles. The zero-order valence-electron chi connectivity index (χ0n) is 10.6. The quantitative estimate of drug-likeness (QED) is 0.650. The predicted octanol–water partition coefficient (Wildman–Crippen LogP) is 1.20. The first-order chi connectivity index (χ1) is 8.34. The number of rotatable bonds is 8. The largest absolute Gasteiger partial charge is 0.382 e. The van der Waals surface area contributed by atoms with Gasteiger partial charge >= 0.3 is 0 Å². The fourth-order valence-electron chi connectivity index (χ4n) is 2.96. The minimum absolute atomic E-state index is 0.275. The summed E-state index contributed by atoms with van der Waals surface area (Å²) in [5, 5.41) is 3.01. The van der Waals surface area contributed by atoms with Gasteiger partial charge in [0.25, 0.3) is 0 Å². The number of hydrogen-bond acceptors (Lipinski definition) is 3. The van der Waals surface area contributed by atoms with E-state index in [0.717, 1.165) is 13.0 Å². The summed E-state index contributed by atoms with van der Waals surface area (Å²) in [6, 6.07) is 0. The molecule has 0 aromatic rings. The van der Waals surface area contributed by atoms with Crippen LogP contribution in [0.2, 0.25) is 0 Å². The Morgan fingerprint density at radius 1 is 1.24 bits per heavy atom. The smallest absolute Gasteiger partial charge is 0.223 e. The van der Waals surface area contributed by atoms with Gasteiger partial charge in [0, 0.05) is 26.2 Å². The zero-order chi connectivity index (χ0) is 12.1. The molecule has 2 rings (SSSR count). The SMILES string of the molecule is COCCOCCCNC(=O)C1[C@@H]2CCC[C@@H]12. The number of fused-ring (bicyclic) bond motifs is 1. The highest BCUT2D eigenvalue weighted by Crippen LogP contribution is 2.57. The molecule has 0 aromatic heterocycles. The maximum Gasteiger partial charge on any atom is 0.223 e. The predicted molar refractivity (Wildman–Crippen MR) is 64.6 cm³/mol. The van der Waals surface area contributed by atoms with Crippen LogP contribution in [0.5, 0.6) is 0 Å². The average Bonchev–Trinajstić information content (AvgIpc) is 2.82. The molecule has 0 saturated heterocycles. The molecule has 2 fully saturated rings. The van der Waals surface area contributed by atoms with Crippen LogP contribution in [0.4, 0.5) is 0 Å². The maximum atomic E-state index is 11.8. The minimum atomic E-state index is 0.275. The lowest BCUT2D eigenvalue weighted by atomic mass is 10.1. The third-order valence-corrected chi connectivity index (χ3v) is 3.91. The molecule has 0 spiro atoms. The third-order valence-electron chi connectivity index (χ3n) is 3.91. The lowest BCUT2D eigenvalue weighted by Crippen LogP contribution is -2.28. The van der Waals surface area contributed by atoms with E-state index >= 15 is 0 Å². The normalized spacial score (nSPS) is 30.1. The van der Waals surface area contributed by atoms with Crippen molar-refractivity contribution in [3.8, 4) is 0 Å². The average molecular weight is 241 g/mol. The van der Waals surface area contributed by atoms with Crippen LogP contribution in [0.1, 0.15) is 25.7 Å². The van der Waals surface area contributed by atoms with Crippen molar-refractivity contribution in [3.05, 3.63) is 0 Å². The molecule has 17 heavy (non-hydrogen) atoms. The molecule has 0 heterocycles. The Kier molecular flexibility index (Phi) is 4.80. The molecule has 1 amide bonds. The first-order valence-electron chi connectivity index (χ1n) is 6.69. The Bertz CT molecular complexity index is 247. The Morgan fingerprint density at radius 3 is 2.71 bits per heavy atom. The monoisotopic (exact) mass is 241 g/mol. The molecule has 2 aliphatic carbocycles. The highest BCUT2D eigenvalue weighted by atomic mass is 16.5. The van der Waals surface area contributed by atoms with Gasteiger partial charge in [-0.05, 0) is 31.1 Å². The van der Waals surface area contributed by atoms with Crippen LogP contribution in [0.3, 0.4) is 0 Å². The van der Waals surface area contributed by atoms with Gasteiger partial charge in [-0.1, -0.05) is 6.42 Å². The van der Waals surface area contributed by atoms with E-state index in [1.807, 2.05) is 0 Å². The Morgan fingerprint density at radius 2 is 2.00 bits per heavy atom. The Labute approximate surface area is 103 Å². The number of hydrogen-bond donors (Lipinski definition) is 1. The Balaban J connectivity index is 1.44. The summed E-state index contributed by atoms with van der Waals surface area (Å²) in [5.74, 6) is 2.05. The summed E-state index contributed by atoms with van der Waals surface area (Å²) < 4.78 is 10.2. The van der Waals surface area contributed by atoms with Gasteiger partial charge in [-0.15, -0.1) is 0 Å². The topological polar surface area (TPSA) is 47.6 Å². The molecule has 4 nitrogen and oxygen atoms in total. The summed E-state index contributed by atoms with van der Waals surface area (Å²) in [6.45, 7) is 2.71. The first kappa shape index (κ1) is 12.8. The molecule has 2 aliphatic rings. The van der Waals surface area contributed by atoms with Crippen LogP contribution in [-0.4, -0.2) is 39.4 Å². The molecule has 1 N–H and O–H groups in total. The van der Waals surface area contributed by atoms with Crippen molar-refractivity contribution in [2.75, 3.05) is 33.5 Å².